The van der Waals surface area contributed by atoms with Crippen molar-refractivity contribution >= 4 is 17.5 Å². The first-order chi connectivity index (χ1) is 13.4. The van der Waals surface area contributed by atoms with Gasteiger partial charge in [0.25, 0.3) is 0 Å². The van der Waals surface area contributed by atoms with Crippen LogP contribution in [0.15, 0.2) is 48.5 Å². The minimum Gasteiger partial charge on any atom is -0.497 e. The quantitative estimate of drug-likeness (QED) is 0.615. The van der Waals surface area contributed by atoms with Crippen LogP contribution in [-0.2, 0) is 6.42 Å². The van der Waals surface area contributed by atoms with Crippen LogP contribution in [-0.4, -0.2) is 28.0 Å². The van der Waals surface area contributed by atoms with Gasteiger partial charge in [-0.25, -0.2) is 9.48 Å². The minimum atomic E-state index is -1.02. The monoisotopic (exact) mass is 379 g/mol. The van der Waals surface area contributed by atoms with Gasteiger partial charge in [0.15, 0.2) is 0 Å². The predicted molar refractivity (Wildman–Crippen MR) is 110 cm³/mol. The van der Waals surface area contributed by atoms with Crippen LogP contribution in [0.25, 0.3) is 5.69 Å². The van der Waals surface area contributed by atoms with Crippen LogP contribution in [0.2, 0.25) is 0 Å². The molecule has 0 aliphatic carbocycles. The molecule has 3 aromatic rings. The number of hydrogen-bond acceptors (Lipinski definition) is 4. The number of hydrogen-bond donors (Lipinski definition) is 2. The molecule has 0 saturated heterocycles. The predicted octanol–water partition coefficient (Wildman–Crippen LogP) is 4.83. The van der Waals surface area contributed by atoms with Gasteiger partial charge >= 0.3 is 5.97 Å². The first kappa shape index (κ1) is 19.5. The van der Waals surface area contributed by atoms with Crippen molar-refractivity contribution in [3.63, 3.8) is 0 Å². The first-order valence-corrected chi connectivity index (χ1v) is 9.22. The average molecular weight is 379 g/mol. The number of benzene rings is 2. The molecule has 28 heavy (non-hydrogen) atoms. The summed E-state index contributed by atoms with van der Waals surface area (Å²) in [5.41, 5.74) is 3.61. The molecule has 0 saturated carbocycles. The molecule has 6 nitrogen and oxygen atoms in total. The van der Waals surface area contributed by atoms with Gasteiger partial charge in [0.2, 0.25) is 0 Å². The van der Waals surface area contributed by atoms with E-state index in [-0.39, 0.29) is 5.56 Å². The Kier molecular flexibility index (Phi) is 5.68. The molecule has 0 fully saturated rings. The van der Waals surface area contributed by atoms with Gasteiger partial charge in [-0.15, -0.1) is 0 Å². The minimum absolute atomic E-state index is 0.141. The Morgan fingerprint density at radius 1 is 1.21 bits per heavy atom. The number of carbonyl (C=O) groups is 1. The zero-order valence-electron chi connectivity index (χ0n) is 16.6. The molecule has 2 N–H and O–H groups in total. The Morgan fingerprint density at radius 2 is 1.96 bits per heavy atom. The summed E-state index contributed by atoms with van der Waals surface area (Å²) in [6.45, 7) is 6.32. The van der Waals surface area contributed by atoms with Crippen molar-refractivity contribution in [3.8, 4) is 11.4 Å². The number of carboxylic acid groups (broad SMARTS) is 1. The Labute approximate surface area is 164 Å². The number of rotatable bonds is 7. The van der Waals surface area contributed by atoms with Crippen molar-refractivity contribution in [1.29, 1.82) is 0 Å². The third kappa shape index (κ3) is 4.17. The third-order valence-electron chi connectivity index (χ3n) is 4.44. The van der Waals surface area contributed by atoms with Gasteiger partial charge < -0.3 is 15.2 Å². The second-order valence-corrected chi connectivity index (χ2v) is 7.16. The molecule has 146 valence electrons. The van der Waals surface area contributed by atoms with Crippen LogP contribution in [0, 0.1) is 12.8 Å². The maximum Gasteiger partial charge on any atom is 0.337 e. The van der Waals surface area contributed by atoms with Gasteiger partial charge in [0.05, 0.1) is 29.7 Å². The number of ether oxygens (including phenoxy) is 1. The lowest BCUT2D eigenvalue weighted by molar-refractivity contribution is 0.0697. The SMILES string of the molecule is COc1ccc(Nc2cc(CC(C)C)nn2-c2ccccc2C)c(C(=O)O)c1. The summed E-state index contributed by atoms with van der Waals surface area (Å²) in [6.07, 6.45) is 0.835. The fourth-order valence-electron chi connectivity index (χ4n) is 3.10. The fourth-order valence-corrected chi connectivity index (χ4v) is 3.10. The van der Waals surface area contributed by atoms with Crippen LogP contribution >= 0.6 is 0 Å². The number of nitrogens with one attached hydrogen (secondary N) is 1. The first-order valence-electron chi connectivity index (χ1n) is 9.22. The van der Waals surface area contributed by atoms with E-state index in [0.717, 1.165) is 29.2 Å². The Balaban J connectivity index is 2.08. The smallest absolute Gasteiger partial charge is 0.337 e. The van der Waals surface area contributed by atoms with Crippen molar-refractivity contribution in [3.05, 3.63) is 65.4 Å². The van der Waals surface area contributed by atoms with E-state index in [1.807, 2.05) is 41.9 Å². The highest BCUT2D eigenvalue weighted by Gasteiger charge is 2.17. The maximum atomic E-state index is 11.7. The number of nitrogens with zero attached hydrogens (tertiary/aromatic N) is 2. The molecule has 0 aliphatic heterocycles. The third-order valence-corrected chi connectivity index (χ3v) is 4.44. The maximum absolute atomic E-state index is 11.7. The van der Waals surface area contributed by atoms with E-state index in [9.17, 15) is 9.90 Å². The number of para-hydroxylation sites is 1. The van der Waals surface area contributed by atoms with Crippen LogP contribution in [0.3, 0.4) is 0 Å². The normalized spacial score (nSPS) is 10.9. The highest BCUT2D eigenvalue weighted by molar-refractivity contribution is 5.95. The second kappa shape index (κ2) is 8.17. The molecule has 0 spiro atoms. The van der Waals surface area contributed by atoms with Crippen molar-refractivity contribution < 1.29 is 14.6 Å². The largest absolute Gasteiger partial charge is 0.497 e. The molecule has 2 aromatic carbocycles. The van der Waals surface area contributed by atoms with Gasteiger partial charge in [-0.05, 0) is 49.1 Å². The number of anilines is 2. The molecular formula is C22H25N3O3. The Bertz CT molecular complexity index is 992. The molecule has 0 amide bonds. The summed E-state index contributed by atoms with van der Waals surface area (Å²) in [5.74, 6) is 0.655. The summed E-state index contributed by atoms with van der Waals surface area (Å²) < 4.78 is 6.99. The zero-order chi connectivity index (χ0) is 20.3. The van der Waals surface area contributed by atoms with E-state index in [1.54, 1.807) is 12.1 Å². The molecule has 1 aromatic heterocycles. The number of methoxy groups -OCH3 is 1. The summed E-state index contributed by atoms with van der Waals surface area (Å²) in [5, 5.41) is 17.6. The second-order valence-electron chi connectivity index (χ2n) is 7.16. The standard InChI is InChI=1S/C22H25N3O3/c1-14(2)11-16-12-21(25(24-16)20-8-6-5-7-15(20)3)23-19-10-9-17(28-4)13-18(19)22(26)27/h5-10,12-14,23H,11H2,1-4H3,(H,26,27). The van der Waals surface area contributed by atoms with Gasteiger partial charge in [-0.2, -0.15) is 5.10 Å². The van der Waals surface area contributed by atoms with Gasteiger partial charge in [0.1, 0.15) is 11.6 Å². The summed E-state index contributed by atoms with van der Waals surface area (Å²) >= 11 is 0. The molecular weight excluding hydrogens is 354 g/mol. The van der Waals surface area contributed by atoms with E-state index >= 15 is 0 Å². The van der Waals surface area contributed by atoms with Crippen molar-refractivity contribution in [2.45, 2.75) is 27.2 Å². The topological polar surface area (TPSA) is 76.4 Å². The molecule has 6 heteroatoms. The van der Waals surface area contributed by atoms with E-state index in [2.05, 4.69) is 19.2 Å². The van der Waals surface area contributed by atoms with Crippen molar-refractivity contribution in [1.82, 2.24) is 9.78 Å². The van der Waals surface area contributed by atoms with E-state index in [4.69, 9.17) is 9.84 Å². The van der Waals surface area contributed by atoms with Crippen LogP contribution < -0.4 is 10.1 Å². The van der Waals surface area contributed by atoms with Crippen LogP contribution in [0.4, 0.5) is 11.5 Å². The van der Waals surface area contributed by atoms with Crippen molar-refractivity contribution in [2.24, 2.45) is 5.92 Å². The number of aryl methyl sites for hydroxylation is 1. The van der Waals surface area contributed by atoms with Gasteiger partial charge in [0, 0.05) is 6.07 Å². The lowest BCUT2D eigenvalue weighted by Gasteiger charge is -2.14. The highest BCUT2D eigenvalue weighted by Crippen LogP contribution is 2.28. The van der Waals surface area contributed by atoms with Crippen LogP contribution in [0.5, 0.6) is 5.75 Å². The molecule has 1 heterocycles. The molecule has 0 radical (unpaired) electrons. The Morgan fingerprint density at radius 3 is 2.61 bits per heavy atom. The number of aromatic nitrogens is 2. The molecule has 0 aliphatic rings. The molecule has 0 unspecified atom stereocenters. The average Bonchev–Trinajstić information content (AvgIpc) is 3.03. The van der Waals surface area contributed by atoms with Gasteiger partial charge in [-0.1, -0.05) is 32.0 Å². The van der Waals surface area contributed by atoms with Crippen molar-refractivity contribution in [2.75, 3.05) is 12.4 Å². The van der Waals surface area contributed by atoms with E-state index in [1.165, 1.54) is 13.2 Å². The van der Waals surface area contributed by atoms with Gasteiger partial charge in [-0.3, -0.25) is 0 Å². The zero-order valence-corrected chi connectivity index (χ0v) is 16.6. The van der Waals surface area contributed by atoms with E-state index < -0.39 is 5.97 Å². The summed E-state index contributed by atoms with van der Waals surface area (Å²) in [4.78, 5) is 11.7. The molecule has 3 rings (SSSR count). The Hall–Kier alpha value is -3.28. The highest BCUT2D eigenvalue weighted by atomic mass is 16.5. The van der Waals surface area contributed by atoms with E-state index in [0.29, 0.717) is 17.4 Å². The fraction of sp³-hybridized carbons (Fsp3) is 0.273. The lowest BCUT2D eigenvalue weighted by atomic mass is 10.1. The number of carboxylic acids is 1. The summed E-state index contributed by atoms with van der Waals surface area (Å²) in [7, 11) is 1.51. The summed E-state index contributed by atoms with van der Waals surface area (Å²) in [6, 6.07) is 14.9. The number of aromatic carboxylic acids is 1. The molecule has 0 atom stereocenters. The lowest BCUT2D eigenvalue weighted by Crippen LogP contribution is -2.08. The molecule has 0 bridgehead atoms. The van der Waals surface area contributed by atoms with Crippen LogP contribution in [0.1, 0.15) is 35.5 Å².